The Kier molecular flexibility index (Phi) is 19.2. The molecule has 3 saturated heterocycles. The highest BCUT2D eigenvalue weighted by Gasteiger charge is 2.34. The number of carbonyl (C=O) groups is 2. The van der Waals surface area contributed by atoms with Crippen LogP contribution in [0.5, 0.6) is 0 Å². The Morgan fingerprint density at radius 2 is 1.29 bits per heavy atom. The van der Waals surface area contributed by atoms with Crippen molar-refractivity contribution in [1.82, 2.24) is 25.5 Å². The van der Waals surface area contributed by atoms with E-state index in [0.717, 1.165) is 122 Å². The minimum Gasteiger partial charge on any atom is -0.481 e. The Labute approximate surface area is 403 Å². The number of nitrogens with one attached hydrogen (secondary N) is 2. The topological polar surface area (TPSA) is 125 Å². The molecule has 12 nitrogen and oxygen atoms in total. The van der Waals surface area contributed by atoms with Gasteiger partial charge in [0.15, 0.2) is 16.0 Å². The molecule has 1 amide bonds. The highest BCUT2D eigenvalue weighted by atomic mass is 32.1. The van der Waals surface area contributed by atoms with Crippen LogP contribution in [0.2, 0.25) is 0 Å². The van der Waals surface area contributed by atoms with Gasteiger partial charge in [-0.1, -0.05) is 71.2 Å². The van der Waals surface area contributed by atoms with E-state index in [1.54, 1.807) is 36.7 Å². The molecule has 4 fully saturated rings. The molecule has 1 saturated carbocycles. The summed E-state index contributed by atoms with van der Waals surface area (Å²) in [6.07, 6.45) is 12.0. The number of ether oxygens (including phenoxy) is 2. The zero-order valence-electron chi connectivity index (χ0n) is 41.0. The molecule has 3 aliphatic heterocycles. The summed E-state index contributed by atoms with van der Waals surface area (Å²) in [6, 6.07) is 17.3. The molecular formula is C52H76N8O4S2. The van der Waals surface area contributed by atoms with Crippen LogP contribution in [0.1, 0.15) is 128 Å². The van der Waals surface area contributed by atoms with Crippen molar-refractivity contribution in [3.05, 3.63) is 70.4 Å². The predicted molar refractivity (Wildman–Crippen MR) is 275 cm³/mol. The third-order valence-corrected chi connectivity index (χ3v) is 15.9. The number of thiazole rings is 2. The number of hydrogen-bond donors (Lipinski definition) is 2. The number of aliphatic imine (C=N–C) groups is 1. The number of benzene rings is 2. The molecule has 4 aromatic rings. The Hall–Kier alpha value is -4.21. The number of nitrogens with zero attached hydrogens (tertiary/aromatic N) is 6. The summed E-state index contributed by atoms with van der Waals surface area (Å²) in [7, 11) is 3.78. The lowest BCUT2D eigenvalue weighted by Crippen LogP contribution is -2.52. The molecule has 0 bridgehead atoms. The molecule has 2 aromatic carbocycles. The van der Waals surface area contributed by atoms with E-state index in [4.69, 9.17) is 24.4 Å². The standard InChI is InChI=1S/C26H36N4O3S.C24H34N4OS.C2H6/c1-4-26(5-2,19(3)31)28-24(32)21-8-6-20(7-9-21)23-18-34-25(27-23)30-12-10-22(11-13-30)29-14-16-33-17-15-29;1-24(13-5-4-6-14-24)27-22(29-3)19-9-7-18(8-10-19)21-17-30-23(26-21)28-15-11-20(25-2)12-16-28;1-2/h6-9,18,22H,4-5,10-17H2,1-3H3,(H,28,32);7-10,17,20,25H,4-6,11-16H2,1-3H3;1-2H3. The van der Waals surface area contributed by atoms with E-state index < -0.39 is 5.54 Å². The number of Topliss-reactive ketones (excluding diaryl/α,β-unsaturated/α-hetero) is 1. The summed E-state index contributed by atoms with van der Waals surface area (Å²) in [6.45, 7) is 19.7. The largest absolute Gasteiger partial charge is 0.481 e. The van der Waals surface area contributed by atoms with E-state index in [0.29, 0.717) is 30.5 Å². The highest BCUT2D eigenvalue weighted by molar-refractivity contribution is 7.14. The number of carbonyl (C=O) groups excluding carboxylic acids is 2. The van der Waals surface area contributed by atoms with Crippen LogP contribution >= 0.6 is 22.7 Å². The molecule has 14 heteroatoms. The smallest absolute Gasteiger partial charge is 0.252 e. The fraction of sp³-hybridized carbons (Fsp3) is 0.596. The number of amides is 1. The molecular weight excluding hydrogens is 865 g/mol. The predicted octanol–water partition coefficient (Wildman–Crippen LogP) is 10.1. The number of ketones is 1. The molecule has 0 radical (unpaired) electrons. The lowest BCUT2D eigenvalue weighted by molar-refractivity contribution is -0.123. The molecule has 360 valence electrons. The molecule has 0 unspecified atom stereocenters. The molecule has 2 N–H and O–H groups in total. The number of piperidine rings is 2. The van der Waals surface area contributed by atoms with Gasteiger partial charge in [0.05, 0.1) is 42.8 Å². The maximum Gasteiger partial charge on any atom is 0.252 e. The molecule has 5 heterocycles. The van der Waals surface area contributed by atoms with Crippen molar-refractivity contribution in [3.63, 3.8) is 0 Å². The minimum absolute atomic E-state index is 0.00677. The zero-order valence-corrected chi connectivity index (χ0v) is 42.6. The first-order chi connectivity index (χ1) is 32.1. The second-order valence-electron chi connectivity index (χ2n) is 18.1. The van der Waals surface area contributed by atoms with Gasteiger partial charge in [-0.2, -0.15) is 0 Å². The van der Waals surface area contributed by atoms with Crippen LogP contribution in [-0.4, -0.2) is 122 Å². The Morgan fingerprint density at radius 3 is 1.76 bits per heavy atom. The van der Waals surface area contributed by atoms with E-state index >= 15 is 0 Å². The summed E-state index contributed by atoms with van der Waals surface area (Å²) in [5.41, 5.74) is 4.92. The van der Waals surface area contributed by atoms with Crippen LogP contribution in [0.3, 0.4) is 0 Å². The first-order valence-corrected chi connectivity index (χ1v) is 26.4. The van der Waals surface area contributed by atoms with E-state index in [1.165, 1.54) is 32.1 Å². The molecule has 0 atom stereocenters. The second kappa shape index (κ2) is 24.7. The van der Waals surface area contributed by atoms with E-state index in [2.05, 4.69) is 74.3 Å². The van der Waals surface area contributed by atoms with Gasteiger partial charge >= 0.3 is 0 Å². The van der Waals surface area contributed by atoms with Crippen LogP contribution in [0, 0.1) is 0 Å². The maximum absolute atomic E-state index is 12.8. The van der Waals surface area contributed by atoms with Gasteiger partial charge in [-0.25, -0.2) is 15.0 Å². The quantitative estimate of drug-likeness (QED) is 0.0989. The van der Waals surface area contributed by atoms with E-state index in [-0.39, 0.29) is 17.2 Å². The first kappa shape index (κ1) is 51.2. The van der Waals surface area contributed by atoms with Gasteiger partial charge in [-0.05, 0) is 96.5 Å². The number of methoxy groups -OCH3 is 1. The van der Waals surface area contributed by atoms with Crippen molar-refractivity contribution in [2.24, 2.45) is 4.99 Å². The van der Waals surface area contributed by atoms with Crippen LogP contribution < -0.4 is 20.4 Å². The maximum atomic E-state index is 12.8. The average molecular weight is 941 g/mol. The van der Waals surface area contributed by atoms with Gasteiger partial charge in [0.2, 0.25) is 5.90 Å². The summed E-state index contributed by atoms with van der Waals surface area (Å²) >= 11 is 3.42. The van der Waals surface area contributed by atoms with Crippen molar-refractivity contribution in [2.75, 3.05) is 76.4 Å². The van der Waals surface area contributed by atoms with Gasteiger partial charge in [0.1, 0.15) is 0 Å². The molecule has 2 aromatic heterocycles. The van der Waals surface area contributed by atoms with Gasteiger partial charge in [-0.15, -0.1) is 22.7 Å². The van der Waals surface area contributed by atoms with Gasteiger partial charge in [0.25, 0.3) is 5.91 Å². The van der Waals surface area contributed by atoms with Crippen molar-refractivity contribution < 1.29 is 19.1 Å². The number of rotatable bonds is 13. The van der Waals surface area contributed by atoms with Gasteiger partial charge in [-0.3, -0.25) is 14.5 Å². The fourth-order valence-electron chi connectivity index (χ4n) is 9.59. The van der Waals surface area contributed by atoms with E-state index in [1.807, 2.05) is 52.0 Å². The third-order valence-electron chi connectivity index (χ3n) is 14.1. The summed E-state index contributed by atoms with van der Waals surface area (Å²) in [4.78, 5) is 47.1. The number of anilines is 2. The van der Waals surface area contributed by atoms with E-state index in [9.17, 15) is 9.59 Å². The summed E-state index contributed by atoms with van der Waals surface area (Å²) in [5, 5.41) is 12.8. The third kappa shape index (κ3) is 13.1. The number of hydrogen-bond acceptors (Lipinski definition) is 13. The molecule has 0 spiro atoms. The van der Waals surface area contributed by atoms with Gasteiger partial charge in [0, 0.05) is 84.4 Å². The van der Waals surface area contributed by atoms with Crippen LogP contribution in [0.15, 0.2) is 64.3 Å². The Morgan fingerprint density at radius 1 is 0.788 bits per heavy atom. The SMILES string of the molecule is CC.CCC(CC)(NC(=O)c1ccc(-c2csc(N3CCC(N4CCOCC4)CC3)n2)cc1)C(C)=O.CNC1CCN(c2nc(-c3ccc(C(=NC4(C)CCCCC4)OC)cc3)cs2)CC1. The fourth-order valence-corrected chi connectivity index (χ4v) is 11.4. The minimum atomic E-state index is -0.797. The van der Waals surface area contributed by atoms with Crippen molar-refractivity contribution >= 4 is 50.5 Å². The van der Waals surface area contributed by atoms with Crippen molar-refractivity contribution in [3.8, 4) is 22.5 Å². The lowest BCUT2D eigenvalue weighted by atomic mass is 9.84. The zero-order chi connectivity index (χ0) is 47.1. The highest BCUT2D eigenvalue weighted by Crippen LogP contribution is 2.34. The summed E-state index contributed by atoms with van der Waals surface area (Å²) < 4.78 is 11.2. The van der Waals surface area contributed by atoms with Gasteiger partial charge < -0.3 is 29.9 Å². The summed E-state index contributed by atoms with van der Waals surface area (Å²) in [5.74, 6) is 0.524. The lowest BCUT2D eigenvalue weighted by Gasteiger charge is -2.40. The molecule has 4 aliphatic rings. The molecule has 66 heavy (non-hydrogen) atoms. The number of morpholine rings is 1. The van der Waals surface area contributed by atoms with Crippen molar-refractivity contribution in [2.45, 2.75) is 135 Å². The molecule has 8 rings (SSSR count). The monoisotopic (exact) mass is 941 g/mol. The average Bonchev–Trinajstić information content (AvgIpc) is 4.08. The molecule has 1 aliphatic carbocycles. The van der Waals surface area contributed by atoms with Crippen LogP contribution in [0.25, 0.3) is 22.5 Å². The van der Waals surface area contributed by atoms with Crippen LogP contribution in [-0.2, 0) is 14.3 Å². The first-order valence-electron chi connectivity index (χ1n) is 24.6. The second-order valence-corrected chi connectivity index (χ2v) is 19.8. The number of aromatic nitrogens is 2. The Balaban J connectivity index is 0.000000212. The van der Waals surface area contributed by atoms with Crippen molar-refractivity contribution in [1.29, 1.82) is 0 Å². The van der Waals surface area contributed by atoms with Crippen LogP contribution in [0.4, 0.5) is 10.3 Å². The Bertz CT molecular complexity index is 2120. The normalized spacial score (nSPS) is 18.7.